The van der Waals surface area contributed by atoms with Crippen LogP contribution in [-0.4, -0.2) is 23.1 Å². The number of hydrogen-bond donors (Lipinski definition) is 1. The summed E-state index contributed by atoms with van der Waals surface area (Å²) in [6.45, 7) is 11.8. The lowest BCUT2D eigenvalue weighted by Crippen LogP contribution is -2.55. The second-order valence-corrected chi connectivity index (χ2v) is 9.42. The van der Waals surface area contributed by atoms with E-state index in [0.29, 0.717) is 0 Å². The summed E-state index contributed by atoms with van der Waals surface area (Å²) in [5, 5.41) is 9.94. The van der Waals surface area contributed by atoms with Gasteiger partial charge in [-0.2, -0.15) is 0 Å². The molecule has 6 atom stereocenters. The zero-order valence-electron chi connectivity index (χ0n) is 16.5. The smallest absolute Gasteiger partial charge is 0.309 e. The van der Waals surface area contributed by atoms with Gasteiger partial charge in [0, 0.05) is 12.3 Å². The summed E-state index contributed by atoms with van der Waals surface area (Å²) >= 11 is 0. The van der Waals surface area contributed by atoms with Gasteiger partial charge in [-0.25, -0.2) is 0 Å². The van der Waals surface area contributed by atoms with Crippen LogP contribution < -0.4 is 0 Å². The number of aliphatic carboxylic acids is 1. The van der Waals surface area contributed by atoms with Crippen molar-refractivity contribution in [3.63, 3.8) is 0 Å². The van der Waals surface area contributed by atoms with E-state index in [-0.39, 0.29) is 34.7 Å². The van der Waals surface area contributed by atoms with Gasteiger partial charge in [-0.3, -0.25) is 9.59 Å². The van der Waals surface area contributed by atoms with Gasteiger partial charge >= 0.3 is 11.9 Å². The lowest BCUT2D eigenvalue weighted by Gasteiger charge is -2.59. The molecule has 3 aliphatic rings. The number of rotatable bonds is 3. The van der Waals surface area contributed by atoms with E-state index in [0.717, 1.165) is 38.5 Å². The number of allylic oxidation sites excluding steroid dienone is 2. The Balaban J connectivity index is 2.01. The molecule has 0 aromatic heterocycles. The molecule has 0 amide bonds. The summed E-state index contributed by atoms with van der Waals surface area (Å²) in [7, 11) is 0. The number of ether oxygens (including phenoxy) is 1. The lowest BCUT2D eigenvalue weighted by molar-refractivity contribution is -0.167. The molecule has 4 nitrogen and oxygen atoms in total. The molecule has 2 fully saturated rings. The van der Waals surface area contributed by atoms with E-state index in [2.05, 4.69) is 26.5 Å². The molecule has 144 valence electrons. The number of esters is 1. The van der Waals surface area contributed by atoms with Crippen molar-refractivity contribution in [2.24, 2.45) is 28.1 Å². The largest absolute Gasteiger partial charge is 0.481 e. The maximum absolute atomic E-state index is 12.1. The average molecular weight is 360 g/mol. The number of fused-ring (bicyclic) bond motifs is 3. The van der Waals surface area contributed by atoms with Gasteiger partial charge in [-0.05, 0) is 56.3 Å². The Morgan fingerprint density at radius 2 is 2.00 bits per heavy atom. The first-order valence-electron chi connectivity index (χ1n) is 9.80. The fraction of sp³-hybridized carbons (Fsp3) is 0.727. The molecule has 1 N–H and O–H groups in total. The van der Waals surface area contributed by atoms with Crippen molar-refractivity contribution in [3.8, 4) is 0 Å². The minimum Gasteiger partial charge on any atom is -0.481 e. The zero-order chi connectivity index (χ0) is 19.3. The molecule has 0 unspecified atom stereocenters. The molecular formula is C22H32O4. The molecule has 0 saturated heterocycles. The summed E-state index contributed by atoms with van der Waals surface area (Å²) in [4.78, 5) is 23.8. The van der Waals surface area contributed by atoms with Crippen LogP contribution in [0.15, 0.2) is 24.3 Å². The van der Waals surface area contributed by atoms with E-state index in [4.69, 9.17) is 4.74 Å². The van der Waals surface area contributed by atoms with Gasteiger partial charge in [0.1, 0.15) is 6.10 Å². The van der Waals surface area contributed by atoms with Crippen molar-refractivity contribution in [2.45, 2.75) is 72.3 Å². The highest BCUT2D eigenvalue weighted by Crippen LogP contribution is 2.64. The summed E-state index contributed by atoms with van der Waals surface area (Å²) in [5.41, 5.74) is 0.410. The van der Waals surface area contributed by atoms with E-state index in [1.807, 2.05) is 13.0 Å². The summed E-state index contributed by atoms with van der Waals surface area (Å²) < 4.78 is 5.72. The SMILES string of the molecule is C=C[C@]1(C)CC2=CC[C@H]3[C@](C)(CCC[C@@]3(C)C(=O)O)[C@H]2C[C@H]1OC(C)=O. The highest BCUT2D eigenvalue weighted by Gasteiger charge is 2.59. The van der Waals surface area contributed by atoms with Gasteiger partial charge < -0.3 is 9.84 Å². The Kier molecular flexibility index (Phi) is 4.61. The maximum atomic E-state index is 12.1. The van der Waals surface area contributed by atoms with Gasteiger partial charge in [0.05, 0.1) is 5.41 Å². The predicted molar refractivity (Wildman–Crippen MR) is 100 cm³/mol. The number of hydrogen-bond acceptors (Lipinski definition) is 3. The Morgan fingerprint density at radius 3 is 2.58 bits per heavy atom. The van der Waals surface area contributed by atoms with E-state index in [9.17, 15) is 14.7 Å². The standard InChI is InChI=1S/C22H32O4/c1-6-20(3)13-15-8-9-17-21(4,10-7-11-22(17,5)19(24)25)16(15)12-18(20)26-14(2)23/h6,8,16-18H,1,7,9-13H2,2-5H3,(H,24,25)/t16-,17-,18+,20+,21+,22+/m0/s1. The minimum absolute atomic E-state index is 0.0592. The second kappa shape index (κ2) is 6.24. The van der Waals surface area contributed by atoms with Crippen molar-refractivity contribution in [2.75, 3.05) is 0 Å². The van der Waals surface area contributed by atoms with Crippen LogP contribution >= 0.6 is 0 Å². The normalized spacial score (nSPS) is 44.9. The Morgan fingerprint density at radius 1 is 1.31 bits per heavy atom. The molecule has 0 aromatic rings. The van der Waals surface area contributed by atoms with Crippen LogP contribution in [0.2, 0.25) is 0 Å². The van der Waals surface area contributed by atoms with Crippen LogP contribution in [0, 0.1) is 28.1 Å². The van der Waals surface area contributed by atoms with Crippen molar-refractivity contribution in [3.05, 3.63) is 24.3 Å². The molecule has 26 heavy (non-hydrogen) atoms. The lowest BCUT2D eigenvalue weighted by atomic mass is 9.45. The summed E-state index contributed by atoms with van der Waals surface area (Å²) in [6.07, 6.45) is 9.17. The highest BCUT2D eigenvalue weighted by atomic mass is 16.5. The zero-order valence-corrected chi connectivity index (χ0v) is 16.5. The van der Waals surface area contributed by atoms with E-state index < -0.39 is 11.4 Å². The molecule has 4 heteroatoms. The summed E-state index contributed by atoms with van der Waals surface area (Å²) in [6, 6.07) is 0. The number of carboxylic acids is 1. The van der Waals surface area contributed by atoms with Gasteiger partial charge in [-0.1, -0.05) is 38.0 Å². The van der Waals surface area contributed by atoms with Crippen LogP contribution in [-0.2, 0) is 14.3 Å². The van der Waals surface area contributed by atoms with Crippen LogP contribution in [0.25, 0.3) is 0 Å². The Bertz CT molecular complexity index is 665. The third kappa shape index (κ3) is 2.73. The monoisotopic (exact) mass is 360 g/mol. The van der Waals surface area contributed by atoms with E-state index >= 15 is 0 Å². The molecule has 0 spiro atoms. The van der Waals surface area contributed by atoms with Gasteiger partial charge in [0.25, 0.3) is 0 Å². The fourth-order valence-corrected chi connectivity index (χ4v) is 6.19. The minimum atomic E-state index is -0.675. The van der Waals surface area contributed by atoms with Gasteiger partial charge in [0.15, 0.2) is 0 Å². The van der Waals surface area contributed by atoms with Crippen LogP contribution in [0.1, 0.15) is 66.2 Å². The molecule has 3 rings (SSSR count). The topological polar surface area (TPSA) is 63.6 Å². The maximum Gasteiger partial charge on any atom is 0.309 e. The molecule has 0 radical (unpaired) electrons. The first-order chi connectivity index (χ1) is 12.1. The number of carbonyl (C=O) groups excluding carboxylic acids is 1. The molecule has 0 aliphatic heterocycles. The third-order valence-electron chi connectivity index (χ3n) is 7.87. The van der Waals surface area contributed by atoms with Crippen LogP contribution in [0.3, 0.4) is 0 Å². The highest BCUT2D eigenvalue weighted by molar-refractivity contribution is 5.75. The van der Waals surface area contributed by atoms with Crippen molar-refractivity contribution in [1.82, 2.24) is 0 Å². The second-order valence-electron chi connectivity index (χ2n) is 9.42. The first kappa shape index (κ1) is 19.2. The number of carbonyl (C=O) groups is 2. The molecule has 0 bridgehead atoms. The van der Waals surface area contributed by atoms with E-state index in [1.54, 1.807) is 0 Å². The molecular weight excluding hydrogens is 328 g/mol. The molecule has 2 saturated carbocycles. The number of carboxylic acid groups (broad SMARTS) is 1. The molecule has 3 aliphatic carbocycles. The fourth-order valence-electron chi connectivity index (χ4n) is 6.19. The predicted octanol–water partition coefficient (Wildman–Crippen LogP) is 4.75. The van der Waals surface area contributed by atoms with Gasteiger partial charge in [0.2, 0.25) is 0 Å². The Labute approximate surface area is 156 Å². The van der Waals surface area contributed by atoms with Gasteiger partial charge in [-0.15, -0.1) is 6.58 Å². The quantitative estimate of drug-likeness (QED) is 0.583. The summed E-state index contributed by atoms with van der Waals surface area (Å²) in [5.74, 6) is -0.528. The molecule has 0 aromatic carbocycles. The van der Waals surface area contributed by atoms with Crippen LogP contribution in [0.4, 0.5) is 0 Å². The Hall–Kier alpha value is -1.58. The van der Waals surface area contributed by atoms with Crippen molar-refractivity contribution in [1.29, 1.82) is 0 Å². The van der Waals surface area contributed by atoms with E-state index in [1.165, 1.54) is 12.5 Å². The van der Waals surface area contributed by atoms with Crippen LogP contribution in [0.5, 0.6) is 0 Å². The van der Waals surface area contributed by atoms with Crippen molar-refractivity contribution >= 4 is 11.9 Å². The first-order valence-corrected chi connectivity index (χ1v) is 9.80. The average Bonchev–Trinajstić information content (AvgIpc) is 2.55. The molecule has 0 heterocycles. The van der Waals surface area contributed by atoms with Crippen molar-refractivity contribution < 1.29 is 19.4 Å². The third-order valence-corrected chi connectivity index (χ3v) is 7.87.